The normalized spacial score (nSPS) is 10.4. The molecule has 2 rings (SSSR count). The van der Waals surface area contributed by atoms with Crippen molar-refractivity contribution in [3.05, 3.63) is 56.7 Å². The van der Waals surface area contributed by atoms with Gasteiger partial charge in [-0.15, -0.1) is 0 Å². The van der Waals surface area contributed by atoms with Crippen LogP contribution < -0.4 is 16.0 Å². The van der Waals surface area contributed by atoms with Gasteiger partial charge in [0.2, 0.25) is 5.88 Å². The van der Waals surface area contributed by atoms with E-state index >= 15 is 0 Å². The number of rotatable bonds is 4. The summed E-state index contributed by atoms with van der Waals surface area (Å²) in [5.41, 5.74) is -0.321. The van der Waals surface area contributed by atoms with E-state index in [-0.39, 0.29) is 12.4 Å². The highest BCUT2D eigenvalue weighted by molar-refractivity contribution is 5.33. The van der Waals surface area contributed by atoms with Crippen molar-refractivity contribution < 1.29 is 9.84 Å². The van der Waals surface area contributed by atoms with Gasteiger partial charge in [-0.3, -0.25) is 14.3 Å². The van der Waals surface area contributed by atoms with Gasteiger partial charge >= 0.3 is 5.69 Å². The lowest BCUT2D eigenvalue weighted by molar-refractivity contribution is 0.393. The zero-order valence-electron chi connectivity index (χ0n) is 10.4. The monoisotopic (exact) mass is 262 g/mol. The Labute approximate surface area is 108 Å². The highest BCUT2D eigenvalue weighted by atomic mass is 16.5. The molecule has 0 atom stereocenters. The molecule has 0 aliphatic heterocycles. The van der Waals surface area contributed by atoms with Gasteiger partial charge in [0, 0.05) is 6.54 Å². The van der Waals surface area contributed by atoms with Crippen LogP contribution >= 0.6 is 0 Å². The van der Waals surface area contributed by atoms with Gasteiger partial charge in [-0.1, -0.05) is 18.2 Å². The molecule has 100 valence electrons. The van der Waals surface area contributed by atoms with Crippen molar-refractivity contribution >= 4 is 0 Å². The number of aromatic amines is 1. The minimum atomic E-state index is -0.625. The molecule has 0 fully saturated rings. The average Bonchev–Trinajstić information content (AvgIpc) is 2.38. The predicted octanol–water partition coefficient (Wildman–Crippen LogP) is 0.493. The van der Waals surface area contributed by atoms with E-state index in [1.54, 1.807) is 7.11 Å². The summed E-state index contributed by atoms with van der Waals surface area (Å²) in [5.74, 6) is 0.378. The molecule has 0 unspecified atom stereocenters. The highest BCUT2D eigenvalue weighted by Gasteiger charge is 2.07. The van der Waals surface area contributed by atoms with Crippen molar-refractivity contribution in [3.63, 3.8) is 0 Å². The lowest BCUT2D eigenvalue weighted by Crippen LogP contribution is -2.29. The van der Waals surface area contributed by atoms with E-state index in [9.17, 15) is 14.7 Å². The lowest BCUT2D eigenvalue weighted by atomic mass is 10.1. The van der Waals surface area contributed by atoms with E-state index in [1.807, 2.05) is 24.3 Å². The summed E-state index contributed by atoms with van der Waals surface area (Å²) < 4.78 is 6.31. The van der Waals surface area contributed by atoms with E-state index in [0.717, 1.165) is 21.9 Å². The van der Waals surface area contributed by atoms with Crippen molar-refractivity contribution in [1.29, 1.82) is 0 Å². The first-order chi connectivity index (χ1) is 9.11. The maximum absolute atomic E-state index is 11.6. The Balaban J connectivity index is 2.24. The number of hydrogen-bond donors (Lipinski definition) is 2. The summed E-state index contributed by atoms with van der Waals surface area (Å²) in [7, 11) is 1.57. The van der Waals surface area contributed by atoms with Crippen molar-refractivity contribution in [2.45, 2.75) is 13.0 Å². The van der Waals surface area contributed by atoms with Gasteiger partial charge in [-0.25, -0.2) is 4.79 Å². The number of nitrogens with zero attached hydrogens (tertiary/aromatic N) is 1. The first kappa shape index (κ1) is 12.9. The summed E-state index contributed by atoms with van der Waals surface area (Å²) in [6.45, 7) is 0.252. The Morgan fingerprint density at radius 3 is 2.74 bits per heavy atom. The number of H-pyrrole nitrogens is 1. The lowest BCUT2D eigenvalue weighted by Gasteiger charge is -2.10. The van der Waals surface area contributed by atoms with Gasteiger partial charge in [0.05, 0.1) is 13.2 Å². The molecule has 2 aromatic rings. The van der Waals surface area contributed by atoms with E-state index < -0.39 is 11.2 Å². The molecule has 6 heteroatoms. The van der Waals surface area contributed by atoms with E-state index in [4.69, 9.17) is 4.74 Å². The molecule has 0 aliphatic rings. The quantitative estimate of drug-likeness (QED) is 0.840. The highest BCUT2D eigenvalue weighted by Crippen LogP contribution is 2.18. The Kier molecular flexibility index (Phi) is 3.70. The van der Waals surface area contributed by atoms with Crippen LogP contribution in [-0.4, -0.2) is 21.8 Å². The van der Waals surface area contributed by atoms with Gasteiger partial charge in [0.25, 0.3) is 5.56 Å². The molecule has 2 N–H and O–H groups in total. The van der Waals surface area contributed by atoms with Crippen LogP contribution in [0.2, 0.25) is 0 Å². The van der Waals surface area contributed by atoms with Crippen LogP contribution in [0.4, 0.5) is 0 Å². The van der Waals surface area contributed by atoms with Gasteiger partial charge in [-0.2, -0.15) is 0 Å². The molecular formula is C13H14N2O4. The number of benzene rings is 1. The standard InChI is InChI=1S/C13H14N2O4/c1-19-10-5-3-2-4-9(10)6-7-15-12(17)8-11(16)14-13(15)18/h2-5,8,17H,6-7H2,1H3,(H,14,16,18). The smallest absolute Gasteiger partial charge is 0.331 e. The number of para-hydroxylation sites is 1. The second-order valence-corrected chi connectivity index (χ2v) is 4.01. The Hall–Kier alpha value is -2.50. The molecule has 1 heterocycles. The Morgan fingerprint density at radius 1 is 1.32 bits per heavy atom. The van der Waals surface area contributed by atoms with E-state index in [0.29, 0.717) is 6.42 Å². The number of nitrogens with one attached hydrogen (secondary N) is 1. The first-order valence-corrected chi connectivity index (χ1v) is 5.77. The minimum Gasteiger partial charge on any atom is -0.496 e. The molecule has 0 amide bonds. The number of hydrogen-bond acceptors (Lipinski definition) is 4. The Morgan fingerprint density at radius 2 is 2.05 bits per heavy atom. The molecule has 0 saturated heterocycles. The third-order valence-corrected chi connectivity index (χ3v) is 2.81. The fraction of sp³-hybridized carbons (Fsp3) is 0.231. The van der Waals surface area contributed by atoms with Crippen molar-refractivity contribution in [1.82, 2.24) is 9.55 Å². The van der Waals surface area contributed by atoms with Crippen LogP contribution in [-0.2, 0) is 13.0 Å². The third-order valence-electron chi connectivity index (χ3n) is 2.81. The SMILES string of the molecule is COc1ccccc1CCn1c(O)cc(=O)[nH]c1=O. The first-order valence-electron chi connectivity index (χ1n) is 5.77. The molecule has 19 heavy (non-hydrogen) atoms. The number of ether oxygens (including phenoxy) is 1. The van der Waals surface area contributed by atoms with Crippen LogP contribution in [0.25, 0.3) is 0 Å². The second kappa shape index (κ2) is 5.43. The van der Waals surface area contributed by atoms with E-state index in [1.165, 1.54) is 0 Å². The van der Waals surface area contributed by atoms with Crippen LogP contribution in [0.15, 0.2) is 39.9 Å². The molecule has 0 bridgehead atoms. The third kappa shape index (κ3) is 2.85. The average molecular weight is 262 g/mol. The van der Waals surface area contributed by atoms with Gasteiger partial charge in [0.1, 0.15) is 5.75 Å². The molecule has 0 aliphatic carbocycles. The summed E-state index contributed by atoms with van der Waals surface area (Å²) in [4.78, 5) is 24.6. The van der Waals surface area contributed by atoms with E-state index in [2.05, 4.69) is 4.98 Å². The number of methoxy groups -OCH3 is 1. The molecule has 0 saturated carbocycles. The Bertz CT molecular complexity index is 688. The molecule has 1 aromatic carbocycles. The maximum Gasteiger partial charge on any atom is 0.331 e. The molecule has 1 aromatic heterocycles. The van der Waals surface area contributed by atoms with Gasteiger partial charge in [0.15, 0.2) is 0 Å². The minimum absolute atomic E-state index is 0.252. The van der Waals surface area contributed by atoms with Crippen molar-refractivity contribution in [2.24, 2.45) is 0 Å². The molecule has 6 nitrogen and oxygen atoms in total. The number of aromatic nitrogens is 2. The summed E-state index contributed by atoms with van der Waals surface area (Å²) in [6.07, 6.45) is 0.503. The molecular weight excluding hydrogens is 248 g/mol. The van der Waals surface area contributed by atoms with Crippen LogP contribution in [0, 0.1) is 0 Å². The number of aryl methyl sites for hydroxylation is 1. The van der Waals surface area contributed by atoms with Crippen LogP contribution in [0.1, 0.15) is 5.56 Å². The predicted molar refractivity (Wildman–Crippen MR) is 69.7 cm³/mol. The van der Waals surface area contributed by atoms with Crippen LogP contribution in [0.3, 0.4) is 0 Å². The fourth-order valence-electron chi connectivity index (χ4n) is 1.87. The summed E-state index contributed by atoms with van der Waals surface area (Å²) in [6, 6.07) is 8.40. The zero-order chi connectivity index (χ0) is 13.8. The van der Waals surface area contributed by atoms with Crippen molar-refractivity contribution in [3.8, 4) is 11.6 Å². The second-order valence-electron chi connectivity index (χ2n) is 4.01. The number of aromatic hydroxyl groups is 1. The zero-order valence-corrected chi connectivity index (χ0v) is 10.4. The van der Waals surface area contributed by atoms with Crippen molar-refractivity contribution in [2.75, 3.05) is 7.11 Å². The van der Waals surface area contributed by atoms with Gasteiger partial charge < -0.3 is 9.84 Å². The largest absolute Gasteiger partial charge is 0.496 e. The molecule has 0 spiro atoms. The topological polar surface area (TPSA) is 84.3 Å². The fourth-order valence-corrected chi connectivity index (χ4v) is 1.87. The van der Waals surface area contributed by atoms with Crippen LogP contribution in [0.5, 0.6) is 11.6 Å². The molecule has 0 radical (unpaired) electrons. The summed E-state index contributed by atoms with van der Waals surface area (Å²) in [5, 5.41) is 9.59. The summed E-state index contributed by atoms with van der Waals surface area (Å²) >= 11 is 0. The van der Waals surface area contributed by atoms with Gasteiger partial charge in [-0.05, 0) is 18.1 Å². The maximum atomic E-state index is 11.6.